The van der Waals surface area contributed by atoms with Gasteiger partial charge in [0.05, 0.1) is 5.52 Å². The molecule has 0 unspecified atom stereocenters. The highest BCUT2D eigenvalue weighted by atomic mass is 19.1. The standard InChI is InChI=1S/C11H7FN2O/c1-6-2-9(12)4-7-3-8(5-13)11(15)14-10(6)7/h2-4H,1H3,(H,14,15). The van der Waals surface area contributed by atoms with Gasteiger partial charge in [-0.15, -0.1) is 0 Å². The van der Waals surface area contributed by atoms with Gasteiger partial charge in [0.15, 0.2) is 0 Å². The molecule has 15 heavy (non-hydrogen) atoms. The van der Waals surface area contributed by atoms with Gasteiger partial charge in [-0.25, -0.2) is 4.39 Å². The van der Waals surface area contributed by atoms with Crippen molar-refractivity contribution in [3.63, 3.8) is 0 Å². The van der Waals surface area contributed by atoms with E-state index in [1.54, 1.807) is 13.0 Å². The highest BCUT2D eigenvalue weighted by Gasteiger charge is 2.05. The predicted octanol–water partition coefficient (Wildman–Crippen LogP) is 1.85. The van der Waals surface area contributed by atoms with Crippen molar-refractivity contribution < 1.29 is 4.39 Å². The number of fused-ring (bicyclic) bond motifs is 1. The van der Waals surface area contributed by atoms with Gasteiger partial charge in [0.25, 0.3) is 5.56 Å². The Morgan fingerprint density at radius 2 is 2.13 bits per heavy atom. The van der Waals surface area contributed by atoms with Crippen LogP contribution in [0.3, 0.4) is 0 Å². The van der Waals surface area contributed by atoms with Gasteiger partial charge in [0.1, 0.15) is 17.4 Å². The third kappa shape index (κ3) is 1.48. The van der Waals surface area contributed by atoms with Crippen molar-refractivity contribution in [1.29, 1.82) is 5.26 Å². The molecule has 2 aromatic rings. The average molecular weight is 202 g/mol. The Labute approximate surface area is 84.8 Å². The van der Waals surface area contributed by atoms with Gasteiger partial charge >= 0.3 is 0 Å². The highest BCUT2D eigenvalue weighted by molar-refractivity contribution is 5.82. The number of aromatic nitrogens is 1. The van der Waals surface area contributed by atoms with Crippen LogP contribution in [-0.2, 0) is 0 Å². The van der Waals surface area contributed by atoms with E-state index in [2.05, 4.69) is 4.98 Å². The summed E-state index contributed by atoms with van der Waals surface area (Å²) < 4.78 is 13.1. The number of H-pyrrole nitrogens is 1. The summed E-state index contributed by atoms with van der Waals surface area (Å²) in [4.78, 5) is 13.9. The minimum Gasteiger partial charge on any atom is -0.321 e. The van der Waals surface area contributed by atoms with Gasteiger partial charge in [-0.3, -0.25) is 4.79 Å². The minimum absolute atomic E-state index is 0.00694. The SMILES string of the molecule is Cc1cc(F)cc2cc(C#N)c(=O)[nH]c12. The number of aromatic amines is 1. The Bertz CT molecular complexity index is 637. The van der Waals surface area contributed by atoms with Crippen LogP contribution in [-0.4, -0.2) is 4.98 Å². The molecular weight excluding hydrogens is 195 g/mol. The number of nitrogens with one attached hydrogen (secondary N) is 1. The highest BCUT2D eigenvalue weighted by Crippen LogP contribution is 2.17. The molecule has 4 heteroatoms. The first-order valence-electron chi connectivity index (χ1n) is 4.35. The van der Waals surface area contributed by atoms with E-state index < -0.39 is 5.56 Å². The Morgan fingerprint density at radius 3 is 2.80 bits per heavy atom. The summed E-state index contributed by atoms with van der Waals surface area (Å²) in [5.74, 6) is -0.379. The largest absolute Gasteiger partial charge is 0.321 e. The number of pyridine rings is 1. The number of hydrogen-bond donors (Lipinski definition) is 1. The fourth-order valence-corrected chi connectivity index (χ4v) is 1.54. The van der Waals surface area contributed by atoms with Crippen LogP contribution in [0.15, 0.2) is 23.0 Å². The maximum atomic E-state index is 13.1. The van der Waals surface area contributed by atoms with Crippen molar-refractivity contribution in [1.82, 2.24) is 4.98 Å². The van der Waals surface area contributed by atoms with Crippen molar-refractivity contribution >= 4 is 10.9 Å². The number of rotatable bonds is 0. The number of nitrogens with zero attached hydrogens (tertiary/aromatic N) is 1. The van der Waals surface area contributed by atoms with Gasteiger partial charge < -0.3 is 4.98 Å². The van der Waals surface area contributed by atoms with Crippen LogP contribution in [0.4, 0.5) is 4.39 Å². The summed E-state index contributed by atoms with van der Waals surface area (Å²) in [5.41, 5.74) is 0.763. The lowest BCUT2D eigenvalue weighted by Gasteiger charge is -2.02. The van der Waals surface area contributed by atoms with Crippen molar-refractivity contribution in [2.75, 3.05) is 0 Å². The van der Waals surface area contributed by atoms with Crippen LogP contribution in [0.1, 0.15) is 11.1 Å². The molecule has 1 N–H and O–H groups in total. The van der Waals surface area contributed by atoms with Crippen LogP contribution >= 0.6 is 0 Å². The van der Waals surface area contributed by atoms with Crippen LogP contribution < -0.4 is 5.56 Å². The van der Waals surface area contributed by atoms with E-state index in [9.17, 15) is 9.18 Å². The molecule has 0 saturated heterocycles. The van der Waals surface area contributed by atoms with Crippen LogP contribution in [0, 0.1) is 24.1 Å². The van der Waals surface area contributed by atoms with Crippen LogP contribution in [0.25, 0.3) is 10.9 Å². The number of nitriles is 1. The third-order valence-corrected chi connectivity index (χ3v) is 2.23. The minimum atomic E-state index is -0.445. The molecular formula is C11H7FN2O. The molecule has 0 aliphatic carbocycles. The lowest BCUT2D eigenvalue weighted by Crippen LogP contribution is -2.10. The number of halogens is 1. The first-order valence-corrected chi connectivity index (χ1v) is 4.35. The van der Waals surface area contributed by atoms with E-state index >= 15 is 0 Å². The molecule has 1 aromatic carbocycles. The summed E-state index contributed by atoms with van der Waals surface area (Å²) in [6, 6.07) is 5.78. The lowest BCUT2D eigenvalue weighted by molar-refractivity contribution is 0.628. The van der Waals surface area contributed by atoms with Gasteiger partial charge in [-0.05, 0) is 30.7 Å². The summed E-state index contributed by atoms with van der Waals surface area (Å²) >= 11 is 0. The van der Waals surface area contributed by atoms with Crippen molar-refractivity contribution in [3.8, 4) is 6.07 Å². The van der Waals surface area contributed by atoms with Crippen LogP contribution in [0.5, 0.6) is 0 Å². The molecule has 0 radical (unpaired) electrons. The molecule has 0 amide bonds. The molecule has 1 heterocycles. The van der Waals surface area contributed by atoms with E-state index in [0.717, 1.165) is 0 Å². The molecule has 0 spiro atoms. The fourth-order valence-electron chi connectivity index (χ4n) is 1.54. The first-order chi connectivity index (χ1) is 7.11. The summed E-state index contributed by atoms with van der Waals surface area (Å²) in [6.07, 6.45) is 0. The summed E-state index contributed by atoms with van der Waals surface area (Å²) in [6.45, 7) is 1.70. The molecule has 0 bridgehead atoms. The number of hydrogen-bond acceptors (Lipinski definition) is 2. The Balaban J connectivity index is 2.95. The topological polar surface area (TPSA) is 56.6 Å². The smallest absolute Gasteiger partial charge is 0.266 e. The quantitative estimate of drug-likeness (QED) is 0.708. The molecule has 0 aliphatic rings. The van der Waals surface area contributed by atoms with Crippen LogP contribution in [0.2, 0.25) is 0 Å². The number of aryl methyl sites for hydroxylation is 1. The maximum absolute atomic E-state index is 13.1. The molecule has 0 saturated carbocycles. The molecule has 0 fully saturated rings. The van der Waals surface area contributed by atoms with Crippen molar-refractivity contribution in [2.24, 2.45) is 0 Å². The molecule has 0 atom stereocenters. The monoisotopic (exact) mass is 202 g/mol. The van der Waals surface area contributed by atoms with Crippen molar-refractivity contribution in [2.45, 2.75) is 6.92 Å². The maximum Gasteiger partial charge on any atom is 0.266 e. The summed E-state index contributed by atoms with van der Waals surface area (Å²) in [5, 5.41) is 9.18. The predicted molar refractivity (Wildman–Crippen MR) is 54.0 cm³/mol. The molecule has 1 aromatic heterocycles. The van der Waals surface area contributed by atoms with Gasteiger partial charge in [-0.2, -0.15) is 5.26 Å². The van der Waals surface area contributed by atoms with E-state index in [-0.39, 0.29) is 11.4 Å². The Morgan fingerprint density at radius 1 is 1.40 bits per heavy atom. The number of benzene rings is 1. The Hall–Kier alpha value is -2.15. The van der Waals surface area contributed by atoms with Gasteiger partial charge in [-0.1, -0.05) is 0 Å². The first kappa shape index (κ1) is 9.41. The van der Waals surface area contributed by atoms with Gasteiger partial charge in [0, 0.05) is 5.39 Å². The average Bonchev–Trinajstić information content (AvgIpc) is 2.18. The zero-order valence-corrected chi connectivity index (χ0v) is 7.97. The zero-order chi connectivity index (χ0) is 11.0. The summed E-state index contributed by atoms with van der Waals surface area (Å²) in [7, 11) is 0. The molecule has 2 rings (SSSR count). The van der Waals surface area contributed by atoms with E-state index in [1.165, 1.54) is 18.2 Å². The van der Waals surface area contributed by atoms with E-state index in [4.69, 9.17) is 5.26 Å². The molecule has 74 valence electrons. The van der Waals surface area contributed by atoms with E-state index in [0.29, 0.717) is 16.5 Å². The zero-order valence-electron chi connectivity index (χ0n) is 7.97. The second kappa shape index (κ2) is 3.21. The molecule has 0 aliphatic heterocycles. The Kier molecular flexibility index (Phi) is 2.01. The van der Waals surface area contributed by atoms with Gasteiger partial charge in [0.2, 0.25) is 0 Å². The normalized spacial score (nSPS) is 10.2. The third-order valence-electron chi connectivity index (χ3n) is 2.23. The van der Waals surface area contributed by atoms with E-state index in [1.807, 2.05) is 0 Å². The fraction of sp³-hybridized carbons (Fsp3) is 0.0909. The molecule has 3 nitrogen and oxygen atoms in total. The lowest BCUT2D eigenvalue weighted by atomic mass is 10.1. The second-order valence-electron chi connectivity index (χ2n) is 3.31. The van der Waals surface area contributed by atoms with Crippen molar-refractivity contribution in [3.05, 3.63) is 45.5 Å². The second-order valence-corrected chi connectivity index (χ2v) is 3.31.